The van der Waals surface area contributed by atoms with Gasteiger partial charge in [0, 0.05) is 30.9 Å². The van der Waals surface area contributed by atoms with Gasteiger partial charge in [-0.3, -0.25) is 9.59 Å². The molecule has 120 valence electrons. The van der Waals surface area contributed by atoms with Crippen LogP contribution in [0.3, 0.4) is 0 Å². The maximum Gasteiger partial charge on any atom is 0.267 e. The largest absolute Gasteiger partial charge is 0.376 e. The Labute approximate surface area is 135 Å². The minimum atomic E-state index is -0.437. The van der Waals surface area contributed by atoms with Crippen LogP contribution in [0.1, 0.15) is 18.4 Å². The SMILES string of the molecule is Cc1ccc(NC(=O)/C(C#N)=C\N2CCC(C(N)=O)CC2)cc1. The molecule has 1 aliphatic heterocycles. The van der Waals surface area contributed by atoms with E-state index in [2.05, 4.69) is 5.32 Å². The number of carbonyl (C=O) groups is 2. The van der Waals surface area contributed by atoms with Crippen molar-refractivity contribution in [2.45, 2.75) is 19.8 Å². The highest BCUT2D eigenvalue weighted by molar-refractivity contribution is 6.06. The Morgan fingerprint density at radius 3 is 2.43 bits per heavy atom. The van der Waals surface area contributed by atoms with Gasteiger partial charge in [-0.05, 0) is 31.9 Å². The normalized spacial score (nSPS) is 15.8. The molecule has 0 saturated carbocycles. The van der Waals surface area contributed by atoms with Crippen LogP contribution >= 0.6 is 0 Å². The number of nitrogens with zero attached hydrogens (tertiary/aromatic N) is 2. The molecule has 1 aliphatic rings. The molecule has 6 heteroatoms. The summed E-state index contributed by atoms with van der Waals surface area (Å²) >= 11 is 0. The molecular weight excluding hydrogens is 292 g/mol. The zero-order valence-electron chi connectivity index (χ0n) is 13.1. The van der Waals surface area contributed by atoms with Gasteiger partial charge in [0.15, 0.2) is 0 Å². The van der Waals surface area contributed by atoms with E-state index in [9.17, 15) is 14.9 Å². The fourth-order valence-electron chi connectivity index (χ4n) is 2.47. The number of aryl methyl sites for hydroxylation is 1. The van der Waals surface area contributed by atoms with Crippen LogP contribution in [0.2, 0.25) is 0 Å². The molecule has 1 aromatic rings. The van der Waals surface area contributed by atoms with E-state index in [1.807, 2.05) is 30.0 Å². The fourth-order valence-corrected chi connectivity index (χ4v) is 2.47. The van der Waals surface area contributed by atoms with Gasteiger partial charge in [0.05, 0.1) is 0 Å². The maximum atomic E-state index is 12.2. The van der Waals surface area contributed by atoms with Gasteiger partial charge in [-0.1, -0.05) is 17.7 Å². The number of nitrogens with one attached hydrogen (secondary N) is 1. The Kier molecular flexibility index (Phi) is 5.36. The van der Waals surface area contributed by atoms with E-state index in [4.69, 9.17) is 5.73 Å². The van der Waals surface area contributed by atoms with Crippen molar-refractivity contribution in [2.75, 3.05) is 18.4 Å². The lowest BCUT2D eigenvalue weighted by molar-refractivity contribution is -0.123. The first-order valence-corrected chi connectivity index (χ1v) is 7.53. The van der Waals surface area contributed by atoms with Crippen LogP contribution in [0.4, 0.5) is 5.69 Å². The second-order valence-electron chi connectivity index (χ2n) is 5.69. The summed E-state index contributed by atoms with van der Waals surface area (Å²) in [5.74, 6) is -0.841. The Morgan fingerprint density at radius 2 is 1.91 bits per heavy atom. The standard InChI is InChI=1S/C17H20N4O2/c1-12-2-4-15(5-3-12)20-17(23)14(10-18)11-21-8-6-13(7-9-21)16(19)22/h2-5,11,13H,6-9H2,1H3,(H2,19,22)(H,20,23)/b14-11-. The number of amides is 2. The number of hydrogen-bond donors (Lipinski definition) is 2. The van der Waals surface area contributed by atoms with Crippen LogP contribution in [-0.2, 0) is 9.59 Å². The molecule has 3 N–H and O–H groups in total. The predicted molar refractivity (Wildman–Crippen MR) is 87.0 cm³/mol. The van der Waals surface area contributed by atoms with Gasteiger partial charge in [0.1, 0.15) is 11.6 Å². The minimum absolute atomic E-state index is 0.0445. The molecule has 1 aromatic carbocycles. The Bertz CT molecular complexity index is 650. The number of hydrogen-bond acceptors (Lipinski definition) is 4. The first-order chi connectivity index (χ1) is 11.0. The van der Waals surface area contributed by atoms with Crippen molar-refractivity contribution in [1.82, 2.24) is 4.90 Å². The molecule has 0 bridgehead atoms. The average molecular weight is 312 g/mol. The predicted octanol–water partition coefficient (Wildman–Crippen LogP) is 1.54. The molecule has 1 fully saturated rings. The number of benzene rings is 1. The van der Waals surface area contributed by atoms with Crippen molar-refractivity contribution < 1.29 is 9.59 Å². The molecular formula is C17H20N4O2. The summed E-state index contributed by atoms with van der Waals surface area (Å²) in [4.78, 5) is 25.2. The smallest absolute Gasteiger partial charge is 0.267 e. The van der Waals surface area contributed by atoms with E-state index < -0.39 is 5.91 Å². The molecule has 0 aromatic heterocycles. The van der Waals surface area contributed by atoms with Crippen LogP contribution in [0.15, 0.2) is 36.0 Å². The van der Waals surface area contributed by atoms with E-state index in [0.717, 1.165) is 5.56 Å². The second-order valence-corrected chi connectivity index (χ2v) is 5.69. The van der Waals surface area contributed by atoms with Crippen LogP contribution < -0.4 is 11.1 Å². The first kappa shape index (κ1) is 16.6. The van der Waals surface area contributed by atoms with E-state index in [-0.39, 0.29) is 17.4 Å². The highest BCUT2D eigenvalue weighted by Crippen LogP contribution is 2.18. The summed E-state index contributed by atoms with van der Waals surface area (Å²) in [6, 6.07) is 9.29. The molecule has 1 heterocycles. The van der Waals surface area contributed by atoms with E-state index in [0.29, 0.717) is 31.6 Å². The summed E-state index contributed by atoms with van der Waals surface area (Å²) in [5.41, 5.74) is 7.08. The summed E-state index contributed by atoms with van der Waals surface area (Å²) in [5, 5.41) is 11.9. The lowest BCUT2D eigenvalue weighted by atomic mass is 9.96. The third-order valence-electron chi connectivity index (χ3n) is 3.92. The van der Waals surface area contributed by atoms with Gasteiger partial charge >= 0.3 is 0 Å². The number of rotatable bonds is 4. The molecule has 2 rings (SSSR count). The molecule has 23 heavy (non-hydrogen) atoms. The quantitative estimate of drug-likeness (QED) is 0.650. The van der Waals surface area contributed by atoms with E-state index in [1.165, 1.54) is 0 Å². The number of primary amides is 1. The topological polar surface area (TPSA) is 99.2 Å². The zero-order valence-corrected chi connectivity index (χ0v) is 13.1. The van der Waals surface area contributed by atoms with Crippen molar-refractivity contribution in [2.24, 2.45) is 11.7 Å². The number of nitriles is 1. The second kappa shape index (κ2) is 7.45. The van der Waals surface area contributed by atoms with Crippen molar-refractivity contribution in [1.29, 1.82) is 5.26 Å². The van der Waals surface area contributed by atoms with Gasteiger partial charge in [-0.15, -0.1) is 0 Å². The lowest BCUT2D eigenvalue weighted by Gasteiger charge is -2.29. The first-order valence-electron chi connectivity index (χ1n) is 7.53. The minimum Gasteiger partial charge on any atom is -0.376 e. The third kappa shape index (κ3) is 4.58. The van der Waals surface area contributed by atoms with Crippen LogP contribution in [0.25, 0.3) is 0 Å². The molecule has 0 atom stereocenters. The summed E-state index contributed by atoms with van der Waals surface area (Å²) in [7, 11) is 0. The van der Waals surface area contributed by atoms with Gasteiger partial charge in [-0.25, -0.2) is 0 Å². The number of nitrogens with two attached hydrogens (primary N) is 1. The summed E-state index contributed by atoms with van der Waals surface area (Å²) < 4.78 is 0. The molecule has 6 nitrogen and oxygen atoms in total. The molecule has 0 radical (unpaired) electrons. The number of carbonyl (C=O) groups excluding carboxylic acids is 2. The Balaban J connectivity index is 1.99. The molecule has 0 aliphatic carbocycles. The molecule has 0 spiro atoms. The van der Waals surface area contributed by atoms with Crippen molar-refractivity contribution in [3.05, 3.63) is 41.6 Å². The number of piperidine rings is 1. The van der Waals surface area contributed by atoms with E-state index >= 15 is 0 Å². The highest BCUT2D eigenvalue weighted by atomic mass is 16.2. The van der Waals surface area contributed by atoms with Crippen molar-refractivity contribution in [3.63, 3.8) is 0 Å². The molecule has 2 amide bonds. The maximum absolute atomic E-state index is 12.2. The van der Waals surface area contributed by atoms with Crippen molar-refractivity contribution >= 4 is 17.5 Å². The highest BCUT2D eigenvalue weighted by Gasteiger charge is 2.22. The van der Waals surface area contributed by atoms with Gasteiger partial charge in [0.25, 0.3) is 5.91 Å². The third-order valence-corrected chi connectivity index (χ3v) is 3.92. The fraction of sp³-hybridized carbons (Fsp3) is 0.353. The average Bonchev–Trinajstić information content (AvgIpc) is 2.55. The van der Waals surface area contributed by atoms with Crippen molar-refractivity contribution in [3.8, 4) is 6.07 Å². The monoisotopic (exact) mass is 312 g/mol. The molecule has 0 unspecified atom stereocenters. The van der Waals surface area contributed by atoms with Crippen LogP contribution in [0.5, 0.6) is 0 Å². The van der Waals surface area contributed by atoms with Crippen LogP contribution in [0, 0.1) is 24.2 Å². The number of anilines is 1. The van der Waals surface area contributed by atoms with Gasteiger partial charge in [-0.2, -0.15) is 5.26 Å². The van der Waals surface area contributed by atoms with Gasteiger partial charge in [0.2, 0.25) is 5.91 Å². The van der Waals surface area contributed by atoms with E-state index in [1.54, 1.807) is 18.3 Å². The number of likely N-dealkylation sites (tertiary alicyclic amines) is 1. The Hall–Kier alpha value is -2.81. The summed E-state index contributed by atoms with van der Waals surface area (Å²) in [6.45, 7) is 3.18. The zero-order chi connectivity index (χ0) is 16.8. The van der Waals surface area contributed by atoms with Gasteiger partial charge < -0.3 is 16.0 Å². The Morgan fingerprint density at radius 1 is 1.30 bits per heavy atom. The van der Waals surface area contributed by atoms with Crippen LogP contribution in [-0.4, -0.2) is 29.8 Å². The summed E-state index contributed by atoms with van der Waals surface area (Å²) in [6.07, 6.45) is 2.84. The molecule has 1 saturated heterocycles. The lowest BCUT2D eigenvalue weighted by Crippen LogP contribution is -2.36.